The van der Waals surface area contributed by atoms with Crippen molar-refractivity contribution in [3.63, 3.8) is 0 Å². The highest BCUT2D eigenvalue weighted by Crippen LogP contribution is 2.14. The van der Waals surface area contributed by atoms with Crippen LogP contribution >= 0.6 is 0 Å². The Balaban J connectivity index is 2.77. The van der Waals surface area contributed by atoms with Gasteiger partial charge in [-0.1, -0.05) is 25.1 Å². The first-order valence-electron chi connectivity index (χ1n) is 5.79. The van der Waals surface area contributed by atoms with Crippen LogP contribution in [0.2, 0.25) is 0 Å². The van der Waals surface area contributed by atoms with Crippen molar-refractivity contribution in [2.45, 2.75) is 26.3 Å². The van der Waals surface area contributed by atoms with Crippen molar-refractivity contribution < 1.29 is 14.7 Å². The summed E-state index contributed by atoms with van der Waals surface area (Å²) in [6.45, 7) is 3.61. The number of carbonyl (C=O) groups excluding carboxylic acids is 1. The molecular weight excluding hydrogens is 232 g/mol. The number of carboxylic acids is 1. The van der Waals surface area contributed by atoms with Crippen molar-refractivity contribution in [1.29, 1.82) is 0 Å². The lowest BCUT2D eigenvalue weighted by atomic mass is 10.2. The van der Waals surface area contributed by atoms with Crippen molar-refractivity contribution in [3.05, 3.63) is 29.8 Å². The molecule has 1 aromatic rings. The quantitative estimate of drug-likeness (QED) is 0.861. The van der Waals surface area contributed by atoms with Gasteiger partial charge in [0.15, 0.2) is 0 Å². The van der Waals surface area contributed by atoms with Gasteiger partial charge >= 0.3 is 12.0 Å². The largest absolute Gasteiger partial charge is 0.480 e. The molecule has 0 aliphatic heterocycles. The SMILES string of the molecule is CCC(C(=O)O)N(C)C(=O)Nc1ccccc1C. The summed E-state index contributed by atoms with van der Waals surface area (Å²) in [5.41, 5.74) is 1.62. The molecule has 5 nitrogen and oxygen atoms in total. The van der Waals surface area contributed by atoms with E-state index in [0.29, 0.717) is 12.1 Å². The third-order valence-electron chi connectivity index (χ3n) is 2.85. The maximum absolute atomic E-state index is 11.9. The van der Waals surface area contributed by atoms with Crippen LogP contribution in [-0.2, 0) is 4.79 Å². The van der Waals surface area contributed by atoms with Crippen molar-refractivity contribution in [3.8, 4) is 0 Å². The molecule has 2 amide bonds. The highest BCUT2D eigenvalue weighted by atomic mass is 16.4. The second-order valence-corrected chi connectivity index (χ2v) is 4.12. The number of carbonyl (C=O) groups is 2. The van der Waals surface area contributed by atoms with E-state index in [1.807, 2.05) is 25.1 Å². The third-order valence-corrected chi connectivity index (χ3v) is 2.85. The van der Waals surface area contributed by atoms with Crippen LogP contribution in [0.1, 0.15) is 18.9 Å². The summed E-state index contributed by atoms with van der Waals surface area (Å²) in [4.78, 5) is 24.1. The highest BCUT2D eigenvalue weighted by molar-refractivity contribution is 5.92. The molecule has 0 saturated heterocycles. The van der Waals surface area contributed by atoms with E-state index < -0.39 is 18.0 Å². The van der Waals surface area contributed by atoms with Crippen molar-refractivity contribution in [2.24, 2.45) is 0 Å². The molecule has 2 N–H and O–H groups in total. The number of benzene rings is 1. The third kappa shape index (κ3) is 3.23. The Morgan fingerprint density at radius 3 is 2.50 bits per heavy atom. The molecule has 0 radical (unpaired) electrons. The average molecular weight is 250 g/mol. The van der Waals surface area contributed by atoms with Gasteiger partial charge in [-0.05, 0) is 25.0 Å². The fourth-order valence-corrected chi connectivity index (χ4v) is 1.67. The Kier molecular flexibility index (Phi) is 4.71. The van der Waals surface area contributed by atoms with Crippen LogP contribution in [0.4, 0.5) is 10.5 Å². The van der Waals surface area contributed by atoms with E-state index in [1.54, 1.807) is 13.0 Å². The first-order valence-corrected chi connectivity index (χ1v) is 5.79. The average Bonchev–Trinajstić information content (AvgIpc) is 2.32. The summed E-state index contributed by atoms with van der Waals surface area (Å²) in [6.07, 6.45) is 0.368. The minimum Gasteiger partial charge on any atom is -0.480 e. The number of amides is 2. The van der Waals surface area contributed by atoms with Gasteiger partial charge in [0.25, 0.3) is 0 Å². The number of rotatable bonds is 4. The molecule has 98 valence electrons. The first-order chi connectivity index (χ1) is 8.47. The number of carboxylic acid groups (broad SMARTS) is 1. The number of nitrogens with one attached hydrogen (secondary N) is 1. The number of hydrogen-bond acceptors (Lipinski definition) is 2. The second-order valence-electron chi connectivity index (χ2n) is 4.12. The van der Waals surface area contributed by atoms with Crippen molar-refractivity contribution in [1.82, 2.24) is 4.90 Å². The van der Waals surface area contributed by atoms with E-state index in [9.17, 15) is 9.59 Å². The van der Waals surface area contributed by atoms with Crippen LogP contribution < -0.4 is 5.32 Å². The lowest BCUT2D eigenvalue weighted by Gasteiger charge is -2.24. The Labute approximate surface area is 106 Å². The summed E-state index contributed by atoms with van der Waals surface area (Å²) in [5.74, 6) is -1.00. The molecule has 0 bridgehead atoms. The van der Waals surface area contributed by atoms with Gasteiger partial charge in [-0.15, -0.1) is 0 Å². The topological polar surface area (TPSA) is 69.6 Å². The van der Waals surface area contributed by atoms with Gasteiger partial charge in [-0.3, -0.25) is 0 Å². The summed E-state index contributed by atoms with van der Waals surface area (Å²) in [6, 6.07) is 6.12. The van der Waals surface area contributed by atoms with Crippen LogP contribution in [0.5, 0.6) is 0 Å². The van der Waals surface area contributed by atoms with Crippen LogP contribution in [0.15, 0.2) is 24.3 Å². The molecule has 0 aliphatic carbocycles. The van der Waals surface area contributed by atoms with Gasteiger partial charge in [0.2, 0.25) is 0 Å². The van der Waals surface area contributed by atoms with E-state index in [1.165, 1.54) is 11.9 Å². The lowest BCUT2D eigenvalue weighted by Crippen LogP contribution is -2.44. The van der Waals surface area contributed by atoms with Crippen LogP contribution in [0.25, 0.3) is 0 Å². The predicted molar refractivity (Wildman–Crippen MR) is 69.7 cm³/mol. The number of aryl methyl sites for hydroxylation is 1. The van der Waals surface area contributed by atoms with Gasteiger partial charge in [0.1, 0.15) is 6.04 Å². The van der Waals surface area contributed by atoms with E-state index in [0.717, 1.165) is 5.56 Å². The second kappa shape index (κ2) is 6.05. The smallest absolute Gasteiger partial charge is 0.326 e. The van der Waals surface area contributed by atoms with Gasteiger partial charge < -0.3 is 15.3 Å². The molecule has 0 aliphatic rings. The molecule has 1 atom stereocenters. The number of anilines is 1. The van der Waals surface area contributed by atoms with Gasteiger partial charge in [0.05, 0.1) is 0 Å². The Morgan fingerprint density at radius 1 is 1.39 bits per heavy atom. The Morgan fingerprint density at radius 2 is 2.00 bits per heavy atom. The van der Waals surface area contributed by atoms with Gasteiger partial charge in [-0.2, -0.15) is 0 Å². The summed E-state index contributed by atoms with van der Waals surface area (Å²) in [5, 5.41) is 11.7. The van der Waals surface area contributed by atoms with Crippen LogP contribution in [0.3, 0.4) is 0 Å². The maximum Gasteiger partial charge on any atom is 0.326 e. The molecule has 1 unspecified atom stereocenters. The maximum atomic E-state index is 11.9. The van der Waals surface area contributed by atoms with Crippen LogP contribution in [-0.4, -0.2) is 35.1 Å². The van der Waals surface area contributed by atoms with Gasteiger partial charge in [-0.25, -0.2) is 9.59 Å². The number of hydrogen-bond donors (Lipinski definition) is 2. The fourth-order valence-electron chi connectivity index (χ4n) is 1.67. The summed E-state index contributed by atoms with van der Waals surface area (Å²) in [7, 11) is 1.48. The molecule has 5 heteroatoms. The zero-order chi connectivity index (χ0) is 13.7. The normalized spacial score (nSPS) is 11.7. The molecule has 1 rings (SSSR count). The number of urea groups is 1. The zero-order valence-corrected chi connectivity index (χ0v) is 10.8. The van der Waals surface area contributed by atoms with Crippen molar-refractivity contribution >= 4 is 17.7 Å². The first kappa shape index (κ1) is 14.0. The fraction of sp³-hybridized carbons (Fsp3) is 0.385. The molecule has 0 saturated carbocycles. The highest BCUT2D eigenvalue weighted by Gasteiger charge is 2.24. The molecule has 0 heterocycles. The Hall–Kier alpha value is -2.04. The van der Waals surface area contributed by atoms with Crippen molar-refractivity contribution in [2.75, 3.05) is 12.4 Å². The monoisotopic (exact) mass is 250 g/mol. The number of aliphatic carboxylic acids is 1. The van der Waals surface area contributed by atoms with Gasteiger partial charge in [0, 0.05) is 12.7 Å². The predicted octanol–water partition coefficient (Wildman–Crippen LogP) is 2.32. The molecule has 0 spiro atoms. The molecule has 0 fully saturated rings. The number of nitrogens with zero attached hydrogens (tertiary/aromatic N) is 1. The van der Waals surface area contributed by atoms with Crippen LogP contribution in [0, 0.1) is 6.92 Å². The minimum absolute atomic E-state index is 0.368. The summed E-state index contributed by atoms with van der Waals surface area (Å²) >= 11 is 0. The molecule has 18 heavy (non-hydrogen) atoms. The summed E-state index contributed by atoms with van der Waals surface area (Å²) < 4.78 is 0. The standard InChI is InChI=1S/C13H18N2O3/c1-4-11(12(16)17)15(3)13(18)14-10-8-6-5-7-9(10)2/h5-8,11H,4H2,1-3H3,(H,14,18)(H,16,17). The lowest BCUT2D eigenvalue weighted by molar-refractivity contribution is -0.141. The molecular formula is C13H18N2O3. The molecule has 1 aromatic carbocycles. The zero-order valence-electron chi connectivity index (χ0n) is 10.8. The van der Waals surface area contributed by atoms with E-state index in [4.69, 9.17) is 5.11 Å². The van der Waals surface area contributed by atoms with E-state index >= 15 is 0 Å². The number of likely N-dealkylation sites (N-methyl/N-ethyl adjacent to an activating group) is 1. The minimum atomic E-state index is -1.00. The Bertz CT molecular complexity index is 446. The van der Waals surface area contributed by atoms with E-state index in [-0.39, 0.29) is 0 Å². The number of para-hydroxylation sites is 1. The van der Waals surface area contributed by atoms with E-state index in [2.05, 4.69) is 5.32 Å². The molecule has 0 aromatic heterocycles.